The number of hydrogen-bond acceptors (Lipinski definition) is 11. The zero-order valence-corrected chi connectivity index (χ0v) is 21.1. The van der Waals surface area contributed by atoms with E-state index in [0.29, 0.717) is 6.54 Å². The maximum Gasteiger partial charge on any atom is 0.192 e. The minimum atomic E-state index is -0.458. The van der Waals surface area contributed by atoms with Crippen LogP contribution in [0.25, 0.3) is 11.3 Å². The van der Waals surface area contributed by atoms with E-state index in [1.54, 1.807) is 37.2 Å². The highest BCUT2D eigenvalue weighted by molar-refractivity contribution is 5.84. The molecule has 0 radical (unpaired) electrons. The van der Waals surface area contributed by atoms with Crippen LogP contribution in [0.3, 0.4) is 0 Å². The first-order valence-corrected chi connectivity index (χ1v) is 12.9. The number of nitrogens with zero attached hydrogens (tertiary/aromatic N) is 8. The van der Waals surface area contributed by atoms with Crippen molar-refractivity contribution in [3.8, 4) is 0 Å². The van der Waals surface area contributed by atoms with Gasteiger partial charge < -0.3 is 20.1 Å². The molecule has 2 atom stereocenters. The van der Waals surface area contributed by atoms with Crippen LogP contribution in [0.5, 0.6) is 0 Å². The fourth-order valence-electron chi connectivity index (χ4n) is 5.43. The Labute approximate surface area is 225 Å². The molecule has 7 rings (SSSR count). The van der Waals surface area contributed by atoms with E-state index in [-0.39, 0.29) is 0 Å². The smallest absolute Gasteiger partial charge is 0.192 e. The number of nitrogens with one attached hydrogen (secondary N) is 3. The quantitative estimate of drug-likeness (QED) is 0.442. The second-order valence-corrected chi connectivity index (χ2v) is 9.27. The molecule has 39 heavy (non-hydrogen) atoms. The van der Waals surface area contributed by atoms with Crippen molar-refractivity contribution in [2.75, 3.05) is 19.6 Å². The maximum atomic E-state index is 6.26. The Morgan fingerprint density at radius 1 is 1.00 bits per heavy atom. The van der Waals surface area contributed by atoms with Gasteiger partial charge in [-0.05, 0) is 42.8 Å². The van der Waals surface area contributed by atoms with Crippen molar-refractivity contribution in [2.45, 2.75) is 18.7 Å². The van der Waals surface area contributed by atoms with Crippen molar-refractivity contribution >= 4 is 11.3 Å². The second kappa shape index (κ2) is 10.1. The number of allylic oxidation sites excluding steroid dienone is 2. The van der Waals surface area contributed by atoms with Gasteiger partial charge >= 0.3 is 0 Å². The van der Waals surface area contributed by atoms with Crippen LogP contribution in [0.4, 0.5) is 0 Å². The molecule has 3 N–H and O–H groups in total. The molecule has 1 fully saturated rings. The molecule has 0 bridgehead atoms. The fraction of sp³-hybridized carbons (Fsp3) is 0.222. The molecule has 196 valence electrons. The Morgan fingerprint density at radius 3 is 2.69 bits per heavy atom. The van der Waals surface area contributed by atoms with E-state index in [2.05, 4.69) is 57.2 Å². The fourth-order valence-corrected chi connectivity index (χ4v) is 5.43. The van der Waals surface area contributed by atoms with Crippen molar-refractivity contribution in [1.29, 1.82) is 0 Å². The summed E-state index contributed by atoms with van der Waals surface area (Å²) in [6.45, 7) is 2.37. The molecule has 4 aliphatic heterocycles. The SMILES string of the molecule is C1=COC(N2C(c3cnccn3)=C(N3CCCN3)C(N3CC=CN3)=C(c3ccn[nH]3)C2c2cccnn2)C=C1. The van der Waals surface area contributed by atoms with Crippen molar-refractivity contribution in [3.63, 3.8) is 0 Å². The highest BCUT2D eigenvalue weighted by atomic mass is 16.5. The lowest BCUT2D eigenvalue weighted by molar-refractivity contribution is 0.0471. The third-order valence-corrected chi connectivity index (χ3v) is 6.98. The first kappa shape index (κ1) is 23.2. The molecule has 0 spiro atoms. The topological polar surface area (TPSA) is 123 Å². The van der Waals surface area contributed by atoms with Crippen LogP contribution in [0.2, 0.25) is 0 Å². The van der Waals surface area contributed by atoms with E-state index >= 15 is 0 Å². The van der Waals surface area contributed by atoms with E-state index in [1.165, 1.54) is 0 Å². The lowest BCUT2D eigenvalue weighted by Crippen LogP contribution is -2.48. The first-order chi connectivity index (χ1) is 19.4. The molecule has 2 unspecified atom stereocenters. The van der Waals surface area contributed by atoms with Crippen molar-refractivity contribution < 1.29 is 4.74 Å². The molecular weight excluding hydrogens is 494 g/mol. The Kier molecular flexibility index (Phi) is 5.98. The summed E-state index contributed by atoms with van der Waals surface area (Å²) in [5.74, 6) is 0. The molecule has 0 saturated carbocycles. The molecular formula is C27H27N11O. The van der Waals surface area contributed by atoms with E-state index in [4.69, 9.17) is 9.72 Å². The molecule has 12 heteroatoms. The Bertz CT molecular complexity index is 1450. The standard InChI is InChI=1S/C27H27N11O/c1-2-17-39-22(7-1)38-24(20-6-3-9-30-35-20)23(19-8-12-31-34-19)26(36-15-4-10-32-36)27(37-16-5-11-33-37)25(38)21-18-28-13-14-29-21/h1-4,6-10,12-14,17-18,22,24,32-33H,5,11,15-16H2,(H,31,34). The number of aromatic amines is 1. The van der Waals surface area contributed by atoms with Gasteiger partial charge in [-0.3, -0.25) is 20.1 Å². The van der Waals surface area contributed by atoms with Gasteiger partial charge in [0.2, 0.25) is 0 Å². The zero-order chi connectivity index (χ0) is 26.0. The highest BCUT2D eigenvalue weighted by Gasteiger charge is 2.46. The van der Waals surface area contributed by atoms with Gasteiger partial charge in [0.1, 0.15) is 17.4 Å². The third-order valence-electron chi connectivity index (χ3n) is 6.98. The van der Waals surface area contributed by atoms with Gasteiger partial charge in [0.05, 0.1) is 41.8 Å². The molecule has 0 aromatic carbocycles. The minimum Gasteiger partial charge on any atom is -0.474 e. The Morgan fingerprint density at radius 2 is 2.00 bits per heavy atom. The largest absolute Gasteiger partial charge is 0.474 e. The maximum absolute atomic E-state index is 6.26. The summed E-state index contributed by atoms with van der Waals surface area (Å²) in [4.78, 5) is 11.5. The number of H-pyrrole nitrogens is 1. The molecule has 0 aliphatic carbocycles. The summed E-state index contributed by atoms with van der Waals surface area (Å²) in [5, 5.41) is 20.8. The molecule has 7 heterocycles. The molecule has 0 amide bonds. The van der Waals surface area contributed by atoms with Gasteiger partial charge in [0, 0.05) is 49.6 Å². The van der Waals surface area contributed by atoms with Crippen LogP contribution in [0, 0.1) is 0 Å². The van der Waals surface area contributed by atoms with Crippen LogP contribution in [0.15, 0.2) is 97.3 Å². The first-order valence-electron chi connectivity index (χ1n) is 12.9. The van der Waals surface area contributed by atoms with Crippen LogP contribution < -0.4 is 10.9 Å². The van der Waals surface area contributed by atoms with Crippen LogP contribution in [-0.4, -0.2) is 71.1 Å². The number of ether oxygens (including phenoxy) is 1. The van der Waals surface area contributed by atoms with E-state index in [9.17, 15) is 0 Å². The van der Waals surface area contributed by atoms with Crippen LogP contribution in [0.1, 0.15) is 29.5 Å². The normalized spacial score (nSPS) is 22.6. The highest BCUT2D eigenvalue weighted by Crippen LogP contribution is 2.50. The van der Waals surface area contributed by atoms with Gasteiger partial charge in [-0.1, -0.05) is 6.08 Å². The number of hydrogen-bond donors (Lipinski definition) is 3. The Hall–Kier alpha value is -4.97. The average Bonchev–Trinajstić information content (AvgIpc) is 3.81. The predicted octanol–water partition coefficient (Wildman–Crippen LogP) is 2.10. The van der Waals surface area contributed by atoms with Gasteiger partial charge in [0.15, 0.2) is 6.23 Å². The van der Waals surface area contributed by atoms with Crippen molar-refractivity contribution in [1.82, 2.24) is 56.1 Å². The van der Waals surface area contributed by atoms with Crippen LogP contribution >= 0.6 is 0 Å². The average molecular weight is 522 g/mol. The van der Waals surface area contributed by atoms with Crippen LogP contribution in [-0.2, 0) is 4.74 Å². The van der Waals surface area contributed by atoms with Gasteiger partial charge in [-0.15, -0.1) is 0 Å². The summed E-state index contributed by atoms with van der Waals surface area (Å²) < 4.78 is 6.26. The number of rotatable bonds is 6. The molecule has 12 nitrogen and oxygen atoms in total. The summed E-state index contributed by atoms with van der Waals surface area (Å²) in [6.07, 6.45) is 20.8. The van der Waals surface area contributed by atoms with E-state index in [0.717, 1.165) is 59.3 Å². The van der Waals surface area contributed by atoms with Gasteiger partial charge in [-0.25, -0.2) is 5.43 Å². The van der Waals surface area contributed by atoms with E-state index in [1.807, 2.05) is 42.6 Å². The van der Waals surface area contributed by atoms with Crippen molar-refractivity contribution in [2.24, 2.45) is 0 Å². The summed E-state index contributed by atoms with van der Waals surface area (Å²) >= 11 is 0. The van der Waals surface area contributed by atoms with Gasteiger partial charge in [0.25, 0.3) is 0 Å². The monoisotopic (exact) mass is 521 g/mol. The van der Waals surface area contributed by atoms with Gasteiger partial charge in [-0.2, -0.15) is 15.3 Å². The predicted molar refractivity (Wildman–Crippen MR) is 143 cm³/mol. The summed E-state index contributed by atoms with van der Waals surface area (Å²) in [6, 6.07) is 5.46. The molecule has 3 aromatic rings. The summed E-state index contributed by atoms with van der Waals surface area (Å²) in [7, 11) is 0. The zero-order valence-electron chi connectivity index (χ0n) is 21.1. The third kappa shape index (κ3) is 4.10. The lowest BCUT2D eigenvalue weighted by Gasteiger charge is -2.47. The minimum absolute atomic E-state index is 0.416. The molecule has 4 aliphatic rings. The number of aromatic nitrogens is 6. The molecule has 3 aromatic heterocycles. The lowest BCUT2D eigenvalue weighted by atomic mass is 9.88. The number of hydrazine groups is 2. The second-order valence-electron chi connectivity index (χ2n) is 9.27. The summed E-state index contributed by atoms with van der Waals surface area (Å²) in [5.41, 5.74) is 13.1. The Balaban J connectivity index is 1.59. The molecule has 1 saturated heterocycles. The van der Waals surface area contributed by atoms with Crippen molar-refractivity contribution in [3.05, 3.63) is 114 Å². The van der Waals surface area contributed by atoms with E-state index < -0.39 is 12.3 Å².